The Morgan fingerprint density at radius 3 is 2.60 bits per heavy atom. The van der Waals surface area contributed by atoms with Gasteiger partial charge in [-0.2, -0.15) is 0 Å². The van der Waals surface area contributed by atoms with Crippen molar-refractivity contribution in [1.29, 1.82) is 0 Å². The Kier molecular flexibility index (Phi) is 6.23. The quantitative estimate of drug-likeness (QED) is 0.658. The zero-order chi connectivity index (χ0) is 15.8. The molecule has 0 aliphatic carbocycles. The van der Waals surface area contributed by atoms with E-state index in [1.54, 1.807) is 0 Å². The summed E-state index contributed by atoms with van der Waals surface area (Å²) >= 11 is 1.47. The van der Waals surface area contributed by atoms with Crippen molar-refractivity contribution in [3.63, 3.8) is 0 Å². The summed E-state index contributed by atoms with van der Waals surface area (Å²) in [4.78, 5) is 11.5. The number of aromatic nitrogens is 3. The summed E-state index contributed by atoms with van der Waals surface area (Å²) in [5.74, 6) is 1.05. The van der Waals surface area contributed by atoms with E-state index in [4.69, 9.17) is 9.17 Å². The minimum atomic E-state index is 0. The van der Waals surface area contributed by atoms with Crippen LogP contribution in [0.1, 0.15) is 12.8 Å². The highest BCUT2D eigenvalue weighted by molar-refractivity contribution is 7.93. The van der Waals surface area contributed by atoms with E-state index in [1.807, 2.05) is 24.7 Å². The molecule has 3 aromatic heterocycles. The molecule has 7 nitrogen and oxygen atoms in total. The summed E-state index contributed by atoms with van der Waals surface area (Å²) < 4.78 is 7.81. The van der Waals surface area contributed by atoms with Gasteiger partial charge in [0.25, 0.3) is 0 Å². The van der Waals surface area contributed by atoms with Crippen molar-refractivity contribution in [2.75, 3.05) is 24.2 Å². The molecule has 3 aromatic rings. The van der Waals surface area contributed by atoms with Crippen LogP contribution in [0.4, 0.5) is 5.82 Å². The van der Waals surface area contributed by atoms with Gasteiger partial charge in [-0.1, -0.05) is 0 Å². The van der Waals surface area contributed by atoms with Crippen LogP contribution in [0.2, 0.25) is 0 Å². The lowest BCUT2D eigenvalue weighted by molar-refractivity contribution is 0.205. The van der Waals surface area contributed by atoms with E-state index in [2.05, 4.69) is 33.6 Å². The molecule has 0 spiro atoms. The molecule has 0 saturated carbocycles. The van der Waals surface area contributed by atoms with Crippen LogP contribution in [-0.2, 0) is 11.2 Å². The standard InChI is InChI=1S/C17H20N4OS.2H2O/c1-20-15-5-8-18-11-14(15)13-3-4-16(19-17(13)20)21-9-6-12(7-10-21)22-23-2;;/h3-5,8,11-12H,6-7,9-10H2,1-2H3;2*1H2. The second kappa shape index (κ2) is 8.01. The fourth-order valence-corrected chi connectivity index (χ4v) is 3.86. The first-order valence-electron chi connectivity index (χ1n) is 7.91. The minimum Gasteiger partial charge on any atom is -0.412 e. The number of anilines is 1. The fourth-order valence-electron chi connectivity index (χ4n) is 3.40. The van der Waals surface area contributed by atoms with E-state index >= 15 is 0 Å². The third kappa shape index (κ3) is 3.43. The third-order valence-electron chi connectivity index (χ3n) is 4.63. The van der Waals surface area contributed by atoms with Crippen LogP contribution < -0.4 is 4.90 Å². The summed E-state index contributed by atoms with van der Waals surface area (Å²) in [6.07, 6.45) is 8.22. The highest BCUT2D eigenvalue weighted by Crippen LogP contribution is 2.29. The average Bonchev–Trinajstić information content (AvgIpc) is 2.89. The van der Waals surface area contributed by atoms with E-state index in [1.165, 1.54) is 22.9 Å². The van der Waals surface area contributed by atoms with Gasteiger partial charge in [0.05, 0.1) is 11.6 Å². The van der Waals surface area contributed by atoms with Gasteiger partial charge in [-0.25, -0.2) is 4.98 Å². The first-order valence-corrected chi connectivity index (χ1v) is 9.06. The predicted molar refractivity (Wildman–Crippen MR) is 103 cm³/mol. The Morgan fingerprint density at radius 1 is 1.12 bits per heavy atom. The molecule has 8 heteroatoms. The van der Waals surface area contributed by atoms with E-state index < -0.39 is 0 Å². The van der Waals surface area contributed by atoms with Crippen LogP contribution in [0.5, 0.6) is 0 Å². The maximum absolute atomic E-state index is 5.65. The molecule has 0 amide bonds. The summed E-state index contributed by atoms with van der Waals surface area (Å²) in [7, 11) is 2.07. The zero-order valence-corrected chi connectivity index (χ0v) is 15.2. The van der Waals surface area contributed by atoms with Gasteiger partial charge < -0.3 is 24.6 Å². The van der Waals surface area contributed by atoms with Crippen molar-refractivity contribution in [2.45, 2.75) is 18.9 Å². The van der Waals surface area contributed by atoms with Gasteiger partial charge in [-0.05, 0) is 43.1 Å². The molecule has 4 N–H and O–H groups in total. The van der Waals surface area contributed by atoms with Crippen molar-refractivity contribution in [1.82, 2.24) is 14.5 Å². The lowest BCUT2D eigenvalue weighted by Gasteiger charge is -2.32. The van der Waals surface area contributed by atoms with Gasteiger partial charge in [0.15, 0.2) is 0 Å². The van der Waals surface area contributed by atoms with Crippen LogP contribution in [0.25, 0.3) is 21.9 Å². The summed E-state index contributed by atoms with van der Waals surface area (Å²) in [6, 6.07) is 6.35. The molecule has 1 fully saturated rings. The molecule has 1 aliphatic heterocycles. The fraction of sp³-hybridized carbons (Fsp3) is 0.412. The number of rotatable bonds is 3. The molecule has 1 saturated heterocycles. The topological polar surface area (TPSA) is 106 Å². The Hall–Kier alpha value is -1.87. The molecular weight excluding hydrogens is 340 g/mol. The Balaban J connectivity index is 0.00000113. The molecule has 4 rings (SSSR count). The smallest absolute Gasteiger partial charge is 0.143 e. The van der Waals surface area contributed by atoms with Crippen molar-refractivity contribution < 1.29 is 15.1 Å². The molecule has 0 atom stereocenters. The number of aryl methyl sites for hydroxylation is 1. The largest absolute Gasteiger partial charge is 0.412 e. The molecular formula is C17H24N4O3S. The van der Waals surface area contributed by atoms with Crippen LogP contribution in [0.3, 0.4) is 0 Å². The number of fused-ring (bicyclic) bond motifs is 3. The highest BCUT2D eigenvalue weighted by Gasteiger charge is 2.21. The van der Waals surface area contributed by atoms with E-state index in [0.717, 1.165) is 42.8 Å². The summed E-state index contributed by atoms with van der Waals surface area (Å²) in [6.45, 7) is 1.99. The van der Waals surface area contributed by atoms with Gasteiger partial charge in [0, 0.05) is 49.6 Å². The molecule has 25 heavy (non-hydrogen) atoms. The van der Waals surface area contributed by atoms with Crippen molar-refractivity contribution in [3.8, 4) is 0 Å². The lowest BCUT2D eigenvalue weighted by Crippen LogP contribution is -2.36. The minimum absolute atomic E-state index is 0. The van der Waals surface area contributed by atoms with Gasteiger partial charge in [-0.15, -0.1) is 0 Å². The number of pyridine rings is 2. The zero-order valence-electron chi connectivity index (χ0n) is 14.4. The van der Waals surface area contributed by atoms with Crippen molar-refractivity contribution in [3.05, 3.63) is 30.6 Å². The predicted octanol–water partition coefficient (Wildman–Crippen LogP) is 1.74. The van der Waals surface area contributed by atoms with Crippen molar-refractivity contribution in [2.24, 2.45) is 7.05 Å². The maximum Gasteiger partial charge on any atom is 0.143 e. The summed E-state index contributed by atoms with van der Waals surface area (Å²) in [5, 5.41) is 2.33. The van der Waals surface area contributed by atoms with Gasteiger partial charge in [-0.3, -0.25) is 4.98 Å². The number of nitrogens with zero attached hydrogens (tertiary/aromatic N) is 4. The second-order valence-electron chi connectivity index (χ2n) is 5.94. The molecule has 0 unspecified atom stereocenters. The van der Waals surface area contributed by atoms with Crippen LogP contribution in [-0.4, -0.2) is 50.9 Å². The highest BCUT2D eigenvalue weighted by atomic mass is 32.2. The lowest BCUT2D eigenvalue weighted by atomic mass is 10.1. The Bertz CT molecular complexity index is 846. The number of hydrogen-bond donors (Lipinski definition) is 0. The van der Waals surface area contributed by atoms with E-state index in [9.17, 15) is 0 Å². The van der Waals surface area contributed by atoms with Crippen LogP contribution in [0.15, 0.2) is 30.6 Å². The van der Waals surface area contributed by atoms with Gasteiger partial charge >= 0.3 is 0 Å². The monoisotopic (exact) mass is 364 g/mol. The van der Waals surface area contributed by atoms with E-state index in [0.29, 0.717) is 6.10 Å². The first-order chi connectivity index (χ1) is 11.3. The van der Waals surface area contributed by atoms with Gasteiger partial charge in [0.2, 0.25) is 0 Å². The van der Waals surface area contributed by atoms with Crippen LogP contribution in [0, 0.1) is 0 Å². The Morgan fingerprint density at radius 2 is 1.88 bits per heavy atom. The normalized spacial score (nSPS) is 15.2. The Labute approximate surface area is 150 Å². The molecule has 1 aliphatic rings. The van der Waals surface area contributed by atoms with E-state index in [-0.39, 0.29) is 11.0 Å². The molecule has 0 aromatic carbocycles. The second-order valence-corrected chi connectivity index (χ2v) is 6.47. The maximum atomic E-state index is 5.65. The summed E-state index contributed by atoms with van der Waals surface area (Å²) in [5.41, 5.74) is 2.19. The third-order valence-corrected chi connectivity index (χ3v) is 5.09. The molecule has 4 heterocycles. The SMILES string of the molecule is CSOC1CCN(c2ccc3c4cnccc4n(C)c3n2)CC1.O.O. The first kappa shape index (κ1) is 19.5. The van der Waals surface area contributed by atoms with Crippen molar-refractivity contribution >= 4 is 39.8 Å². The molecule has 0 radical (unpaired) electrons. The molecule has 136 valence electrons. The average molecular weight is 364 g/mol. The number of piperidine rings is 1. The van der Waals surface area contributed by atoms with Gasteiger partial charge in [0.1, 0.15) is 11.5 Å². The molecule has 0 bridgehead atoms. The number of hydrogen-bond acceptors (Lipinski definition) is 5. The van der Waals surface area contributed by atoms with Crippen LogP contribution >= 0.6 is 12.0 Å².